The van der Waals surface area contributed by atoms with Crippen LogP contribution >= 0.6 is 0 Å². The highest BCUT2D eigenvalue weighted by molar-refractivity contribution is 6.70. The van der Waals surface area contributed by atoms with Gasteiger partial charge in [-0.15, -0.1) is 0 Å². The summed E-state index contributed by atoms with van der Waals surface area (Å²) < 4.78 is 18.1. The van der Waals surface area contributed by atoms with Crippen LogP contribution in [0.5, 0.6) is 0 Å². The smallest absolute Gasteiger partial charge is 0.241 e. The van der Waals surface area contributed by atoms with Crippen LogP contribution in [-0.4, -0.2) is 27.3 Å². The lowest BCUT2D eigenvalue weighted by Gasteiger charge is -2.46. The van der Waals surface area contributed by atoms with E-state index in [2.05, 4.69) is 32.6 Å². The van der Waals surface area contributed by atoms with E-state index in [-0.39, 0.29) is 11.2 Å². The second-order valence-corrected chi connectivity index (χ2v) is 11.9. The van der Waals surface area contributed by atoms with E-state index in [0.717, 1.165) is 38.9 Å². The highest BCUT2D eigenvalue weighted by Crippen LogP contribution is 2.57. The molecule has 0 bridgehead atoms. The van der Waals surface area contributed by atoms with Crippen molar-refractivity contribution in [2.24, 2.45) is 11.3 Å². The van der Waals surface area contributed by atoms with Gasteiger partial charge in [-0.05, 0) is 44.5 Å². The first kappa shape index (κ1) is 13.7. The quantitative estimate of drug-likeness (QED) is 0.723. The van der Waals surface area contributed by atoms with Crippen molar-refractivity contribution in [1.82, 2.24) is 0 Å². The van der Waals surface area contributed by atoms with Gasteiger partial charge in [0.05, 0.1) is 19.0 Å². The molecule has 1 saturated carbocycles. The summed E-state index contributed by atoms with van der Waals surface area (Å²) in [5.74, 6) is 1.60. The molecule has 0 N–H and O–H groups in total. The van der Waals surface area contributed by atoms with Gasteiger partial charge in [0, 0.05) is 18.3 Å². The molecule has 0 aromatic carbocycles. The van der Waals surface area contributed by atoms with Crippen LogP contribution in [0.1, 0.15) is 32.6 Å². The van der Waals surface area contributed by atoms with E-state index >= 15 is 0 Å². The molecule has 2 fully saturated rings. The third-order valence-electron chi connectivity index (χ3n) is 4.86. The average Bonchev–Trinajstić information content (AvgIpc) is 2.87. The number of hydrogen-bond donors (Lipinski definition) is 0. The molecule has 0 aromatic rings. The topological polar surface area (TPSA) is 27.7 Å². The summed E-state index contributed by atoms with van der Waals surface area (Å²) in [5.41, 5.74) is 0.209. The minimum Gasteiger partial charge on any atom is -0.547 e. The van der Waals surface area contributed by atoms with Gasteiger partial charge in [0.15, 0.2) is 5.79 Å². The van der Waals surface area contributed by atoms with Gasteiger partial charge in [0.25, 0.3) is 0 Å². The molecule has 2 atom stereocenters. The molecule has 108 valence electrons. The normalized spacial score (nSPS) is 37.3. The molecule has 2 aliphatic carbocycles. The minimum atomic E-state index is -1.52. The number of fused-ring (bicyclic) bond motifs is 1. The van der Waals surface area contributed by atoms with Gasteiger partial charge >= 0.3 is 0 Å². The van der Waals surface area contributed by atoms with Crippen molar-refractivity contribution in [2.45, 2.75) is 58.0 Å². The summed E-state index contributed by atoms with van der Waals surface area (Å²) in [4.78, 5) is 0. The first-order chi connectivity index (χ1) is 8.83. The molecule has 3 rings (SSSR count). The predicted molar refractivity (Wildman–Crippen MR) is 77.2 cm³/mol. The lowest BCUT2D eigenvalue weighted by molar-refractivity contribution is -0.201. The van der Waals surface area contributed by atoms with Gasteiger partial charge in [0.1, 0.15) is 0 Å². The molecule has 0 amide bonds. The maximum atomic E-state index is 6.34. The van der Waals surface area contributed by atoms with Crippen molar-refractivity contribution in [1.29, 1.82) is 0 Å². The van der Waals surface area contributed by atoms with Crippen molar-refractivity contribution in [3.8, 4) is 0 Å². The molecule has 3 nitrogen and oxygen atoms in total. The highest BCUT2D eigenvalue weighted by atomic mass is 28.4. The summed E-state index contributed by atoms with van der Waals surface area (Å²) in [6.45, 7) is 10.7. The molecule has 1 spiro atoms. The van der Waals surface area contributed by atoms with E-state index < -0.39 is 8.32 Å². The van der Waals surface area contributed by atoms with Gasteiger partial charge in [-0.1, -0.05) is 6.92 Å². The Kier molecular flexibility index (Phi) is 3.11. The van der Waals surface area contributed by atoms with E-state index in [1.807, 2.05) is 0 Å². The fraction of sp³-hybridized carbons (Fsp3) is 0.867. The van der Waals surface area contributed by atoms with Gasteiger partial charge in [-0.3, -0.25) is 0 Å². The summed E-state index contributed by atoms with van der Waals surface area (Å²) >= 11 is 0. The Morgan fingerprint density at radius 2 is 1.89 bits per heavy atom. The molecule has 1 heterocycles. The van der Waals surface area contributed by atoms with Gasteiger partial charge < -0.3 is 13.9 Å². The number of rotatable bonds is 2. The summed E-state index contributed by atoms with van der Waals surface area (Å²) in [7, 11) is -1.52. The molecule has 0 aromatic heterocycles. The van der Waals surface area contributed by atoms with Crippen molar-refractivity contribution < 1.29 is 13.9 Å². The zero-order chi connectivity index (χ0) is 13.7. The van der Waals surface area contributed by atoms with Crippen LogP contribution in [0.25, 0.3) is 0 Å². The first-order valence-corrected chi connectivity index (χ1v) is 10.9. The van der Waals surface area contributed by atoms with Gasteiger partial charge in [-0.2, -0.15) is 0 Å². The standard InChI is InChI=1S/C15H26O3Si/c1-14-7-8-15(16-9-10-17-15)11-12(14)5-6-13(14)18-19(2,3)4/h6,12H,5,7-11H2,1-4H3/t12-,14-/m0/s1. The number of ether oxygens (including phenoxy) is 2. The molecule has 1 aliphatic heterocycles. The summed E-state index contributed by atoms with van der Waals surface area (Å²) in [5, 5.41) is 0. The van der Waals surface area contributed by atoms with Crippen LogP contribution in [0.15, 0.2) is 11.8 Å². The summed E-state index contributed by atoms with van der Waals surface area (Å²) in [6.07, 6.45) is 6.60. The zero-order valence-corrected chi connectivity index (χ0v) is 13.6. The minimum absolute atomic E-state index is 0.209. The fourth-order valence-corrected chi connectivity index (χ4v) is 4.73. The lowest BCUT2D eigenvalue weighted by atomic mass is 9.67. The predicted octanol–water partition coefficient (Wildman–Crippen LogP) is 3.68. The maximum Gasteiger partial charge on any atom is 0.241 e. The molecule has 3 aliphatic rings. The molecular weight excluding hydrogens is 256 g/mol. The van der Waals surface area contributed by atoms with Crippen LogP contribution in [0.2, 0.25) is 19.6 Å². The molecule has 0 radical (unpaired) electrons. The molecule has 4 heteroatoms. The van der Waals surface area contributed by atoms with E-state index in [1.165, 1.54) is 5.76 Å². The van der Waals surface area contributed by atoms with Crippen molar-refractivity contribution >= 4 is 8.32 Å². The van der Waals surface area contributed by atoms with Crippen LogP contribution in [0.4, 0.5) is 0 Å². The van der Waals surface area contributed by atoms with Crippen LogP contribution < -0.4 is 0 Å². The van der Waals surface area contributed by atoms with Crippen molar-refractivity contribution in [3.05, 3.63) is 11.8 Å². The zero-order valence-electron chi connectivity index (χ0n) is 12.6. The highest BCUT2D eigenvalue weighted by Gasteiger charge is 2.54. The average molecular weight is 282 g/mol. The van der Waals surface area contributed by atoms with E-state index in [4.69, 9.17) is 13.9 Å². The number of allylic oxidation sites excluding steroid dienone is 2. The first-order valence-electron chi connectivity index (χ1n) is 7.51. The molecule has 0 unspecified atom stereocenters. The van der Waals surface area contributed by atoms with Gasteiger partial charge in [0.2, 0.25) is 8.32 Å². The Bertz CT molecular complexity index is 393. The summed E-state index contributed by atoms with van der Waals surface area (Å²) in [6, 6.07) is 0. The van der Waals surface area contributed by atoms with Gasteiger partial charge in [-0.25, -0.2) is 0 Å². The SMILES string of the molecule is C[C@]12CCC3(C[C@@H]1CC=C2O[Si](C)(C)C)OCCO3. The van der Waals surface area contributed by atoms with Crippen LogP contribution in [0, 0.1) is 11.3 Å². The molecule has 19 heavy (non-hydrogen) atoms. The Morgan fingerprint density at radius 3 is 2.53 bits per heavy atom. The third-order valence-corrected chi connectivity index (χ3v) is 5.70. The van der Waals surface area contributed by atoms with Crippen LogP contribution in [-0.2, 0) is 13.9 Å². The second-order valence-electron chi connectivity index (χ2n) is 7.44. The van der Waals surface area contributed by atoms with Crippen molar-refractivity contribution in [3.63, 3.8) is 0 Å². The van der Waals surface area contributed by atoms with E-state index in [9.17, 15) is 0 Å². The Morgan fingerprint density at radius 1 is 1.21 bits per heavy atom. The third kappa shape index (κ3) is 2.39. The lowest BCUT2D eigenvalue weighted by Crippen LogP contribution is -2.45. The Balaban J connectivity index is 1.75. The van der Waals surface area contributed by atoms with Crippen LogP contribution in [0.3, 0.4) is 0 Å². The largest absolute Gasteiger partial charge is 0.547 e. The Labute approximate surface area is 117 Å². The monoisotopic (exact) mass is 282 g/mol. The van der Waals surface area contributed by atoms with Crippen molar-refractivity contribution in [2.75, 3.05) is 13.2 Å². The Hall–Kier alpha value is -0.323. The van der Waals surface area contributed by atoms with E-state index in [0.29, 0.717) is 5.92 Å². The second kappa shape index (κ2) is 4.33. The van der Waals surface area contributed by atoms with E-state index in [1.54, 1.807) is 0 Å². The molecule has 1 saturated heterocycles. The number of hydrogen-bond acceptors (Lipinski definition) is 3. The maximum absolute atomic E-state index is 6.34. The fourth-order valence-electron chi connectivity index (χ4n) is 3.75. The molecular formula is C15H26O3Si.